The van der Waals surface area contributed by atoms with E-state index in [4.69, 9.17) is 15.3 Å². The summed E-state index contributed by atoms with van der Waals surface area (Å²) in [4.78, 5) is 82.7. The zero-order chi connectivity index (χ0) is 54.4. The molecule has 0 radical (unpaired) electrons. The number of hydrogen-bond donors (Lipinski definition) is 14. The van der Waals surface area contributed by atoms with Crippen LogP contribution in [0.25, 0.3) is 0 Å². The minimum Gasteiger partial charge on any atom is -0.508 e. The fraction of sp³-hybridized carbons (Fsp3) is 0.220. The number of likely N-dealkylation sites (N-methyl/N-ethyl adjacent to an activating group) is 1. The molecule has 73 heavy (non-hydrogen) atoms. The van der Waals surface area contributed by atoms with E-state index in [1.54, 1.807) is 117 Å². The number of phenols is 3. The van der Waals surface area contributed by atoms with Gasteiger partial charge in [0.05, 0.1) is 11.4 Å². The molecule has 0 bridgehead atoms. The molecule has 1 aliphatic carbocycles. The van der Waals surface area contributed by atoms with E-state index in [1.165, 1.54) is 42.6 Å². The Kier molecular flexibility index (Phi) is 30.5. The lowest BCUT2D eigenvalue weighted by atomic mass is 10.1. The maximum absolute atomic E-state index is 10.7. The molecule has 2 aliphatic heterocycles. The molecule has 0 saturated heterocycles. The first-order chi connectivity index (χ1) is 35.0. The first-order valence-corrected chi connectivity index (χ1v) is 22.1. The third kappa shape index (κ3) is 28.4. The second-order valence-corrected chi connectivity index (χ2v) is 14.1. The molecule has 23 nitrogen and oxygen atoms in total. The quantitative estimate of drug-likeness (QED) is 0.0817. The summed E-state index contributed by atoms with van der Waals surface area (Å²) in [5.41, 5.74) is 4.16. The molecule has 0 saturated carbocycles. The van der Waals surface area contributed by atoms with Gasteiger partial charge >= 0.3 is 0 Å². The van der Waals surface area contributed by atoms with Gasteiger partial charge in [0.1, 0.15) is 23.9 Å². The molecule has 1 amide bonds. The number of dihydropyridines is 1. The third-order valence-electron chi connectivity index (χ3n) is 8.83. The number of phenolic OH excluding ortho intramolecular Hbond substituents is 3. The predicted molar refractivity (Wildman–Crippen MR) is 291 cm³/mol. The number of carbonyl (C=O) groups excluding carboxylic acids is 3. The van der Waals surface area contributed by atoms with Gasteiger partial charge < -0.3 is 67.8 Å². The number of aromatic amines is 3. The molecule has 8 rings (SSSR count). The van der Waals surface area contributed by atoms with Crippen LogP contribution in [0, 0.1) is 0 Å². The lowest BCUT2D eigenvalue weighted by Crippen LogP contribution is -2.31. The molecule has 14 N–H and O–H groups in total. The maximum atomic E-state index is 10.7. The predicted octanol–water partition coefficient (Wildman–Crippen LogP) is 3.67. The van der Waals surface area contributed by atoms with Gasteiger partial charge in [0, 0.05) is 154 Å². The molecule has 23 heteroatoms. The Morgan fingerprint density at radius 3 is 1.68 bits per heavy atom. The zero-order valence-corrected chi connectivity index (χ0v) is 42.0. The molecule has 5 heterocycles. The molecular formula is C50H66N14O9. The topological polar surface area (TPSA) is 344 Å². The monoisotopic (exact) mass is 1010 g/mol. The standard InChI is InChI=1S/C7H9NO2.2C7H9NO.4C6H8N2O.C5H7N3O/c1-8-5-2-3-6(9)7(10)4-5;1-8-6-2-4-7(9)5-3-6;1-8-6-3-2-4-7(9)5-6;1-7-5-2-6(9)4-8-3-5;1-7-6-4-5(9)2-3-8-6;1-7-5-2-3-6(9)8-4-5;1-7-5-3-2-4-6(9)8-5;1-6-5-7-3-2-4(9)8-5/h2-4,8-10H,1H3;2-5,8-9H,1H3;2-3,5,8H,4H2,1H3;2-3,7H,4H2,1H3;2-4H,1H3,(H2,7,8,9);2-4,7H,1H3,(H,8,9);2-3H,4H2,1H3,(H,7,8,9);2-3H,1H3,(H2,6,7,8,9). The highest BCUT2D eigenvalue weighted by atomic mass is 16.3. The first-order valence-electron chi connectivity index (χ1n) is 22.1. The summed E-state index contributed by atoms with van der Waals surface area (Å²) >= 11 is 0. The van der Waals surface area contributed by atoms with Crippen LogP contribution in [0.15, 0.2) is 164 Å². The molecule has 0 fully saturated rings. The van der Waals surface area contributed by atoms with Crippen molar-refractivity contribution in [3.63, 3.8) is 0 Å². The minimum atomic E-state index is -0.144. The van der Waals surface area contributed by atoms with Crippen molar-refractivity contribution in [1.82, 2.24) is 35.9 Å². The highest BCUT2D eigenvalue weighted by molar-refractivity contribution is 6.07. The van der Waals surface area contributed by atoms with Crippen LogP contribution in [0.5, 0.6) is 17.2 Å². The Hall–Kier alpha value is -9.67. The summed E-state index contributed by atoms with van der Waals surface area (Å²) < 4.78 is 0. The number of hydrogen-bond acceptors (Lipinski definition) is 19. The molecule has 3 aliphatic rings. The molecular weight excluding hydrogens is 941 g/mol. The lowest BCUT2D eigenvalue weighted by Gasteiger charge is -2.05. The van der Waals surface area contributed by atoms with Crippen molar-refractivity contribution in [1.29, 1.82) is 0 Å². The molecule has 0 atom stereocenters. The van der Waals surface area contributed by atoms with E-state index in [0.29, 0.717) is 36.9 Å². The van der Waals surface area contributed by atoms with E-state index in [0.717, 1.165) is 34.3 Å². The second-order valence-electron chi connectivity index (χ2n) is 14.1. The highest BCUT2D eigenvalue weighted by Crippen LogP contribution is 2.26. The average molecular weight is 1010 g/mol. The van der Waals surface area contributed by atoms with E-state index >= 15 is 0 Å². The fourth-order valence-corrected chi connectivity index (χ4v) is 4.97. The number of aliphatic imine (C=N–C) groups is 2. The second kappa shape index (κ2) is 36.3. The van der Waals surface area contributed by atoms with Gasteiger partial charge in [-0.2, -0.15) is 0 Å². The van der Waals surface area contributed by atoms with Gasteiger partial charge in [-0.1, -0.05) is 12.2 Å². The number of ketones is 2. The van der Waals surface area contributed by atoms with Crippen LogP contribution in [0.3, 0.4) is 0 Å². The third-order valence-corrected chi connectivity index (χ3v) is 8.83. The van der Waals surface area contributed by atoms with E-state index in [9.17, 15) is 28.8 Å². The number of amidine groups is 1. The number of carbonyl (C=O) groups is 3. The van der Waals surface area contributed by atoms with Gasteiger partial charge in [-0.15, -0.1) is 0 Å². The zero-order valence-electron chi connectivity index (χ0n) is 42.0. The Balaban J connectivity index is 0.000000417. The Morgan fingerprint density at radius 2 is 1.23 bits per heavy atom. The number of anilines is 5. The summed E-state index contributed by atoms with van der Waals surface area (Å²) in [6.45, 7) is 0.297. The molecule has 5 aromatic rings. The van der Waals surface area contributed by atoms with Crippen molar-refractivity contribution in [3.8, 4) is 17.2 Å². The average Bonchev–Trinajstić information content (AvgIpc) is 3.41. The summed E-state index contributed by atoms with van der Waals surface area (Å²) in [5, 5.41) is 49.1. The number of aromatic nitrogens is 4. The number of allylic oxidation sites excluding steroid dienone is 4. The molecule has 390 valence electrons. The largest absolute Gasteiger partial charge is 0.508 e. The van der Waals surface area contributed by atoms with Gasteiger partial charge in [0.25, 0.3) is 5.56 Å². The van der Waals surface area contributed by atoms with E-state index < -0.39 is 0 Å². The van der Waals surface area contributed by atoms with E-state index in [1.807, 2.05) is 31.3 Å². The van der Waals surface area contributed by atoms with Crippen LogP contribution in [-0.2, 0) is 14.4 Å². The Morgan fingerprint density at radius 1 is 0.589 bits per heavy atom. The fourth-order valence-electron chi connectivity index (χ4n) is 4.97. The molecule has 0 unspecified atom stereocenters. The Labute approximate surface area is 422 Å². The summed E-state index contributed by atoms with van der Waals surface area (Å²) in [6.07, 6.45) is 17.9. The summed E-state index contributed by atoms with van der Waals surface area (Å²) in [6, 6.07) is 19.0. The van der Waals surface area contributed by atoms with Crippen LogP contribution in [0.4, 0.5) is 28.8 Å². The van der Waals surface area contributed by atoms with Crippen LogP contribution in [0.2, 0.25) is 0 Å². The molecule has 0 spiro atoms. The van der Waals surface area contributed by atoms with Gasteiger partial charge in [-0.25, -0.2) is 4.98 Å². The normalized spacial score (nSPS) is 12.8. The number of rotatable bonds is 7. The van der Waals surface area contributed by atoms with Crippen molar-refractivity contribution in [2.24, 2.45) is 9.98 Å². The van der Waals surface area contributed by atoms with Crippen molar-refractivity contribution in [3.05, 3.63) is 170 Å². The summed E-state index contributed by atoms with van der Waals surface area (Å²) in [7, 11) is 14.0. The van der Waals surface area contributed by atoms with E-state index in [-0.39, 0.29) is 45.5 Å². The van der Waals surface area contributed by atoms with Gasteiger partial charge in [-0.05, 0) is 54.6 Å². The van der Waals surface area contributed by atoms with Crippen LogP contribution in [-0.4, -0.2) is 128 Å². The van der Waals surface area contributed by atoms with Crippen molar-refractivity contribution < 1.29 is 29.7 Å². The van der Waals surface area contributed by atoms with Crippen LogP contribution < -0.4 is 59.1 Å². The number of nitrogens with one attached hydrogen (secondary N) is 11. The number of benzene rings is 2. The SMILES string of the molecule is CN=C1C=CCC(=O)N1.CNC1=CC(=O)CC=C1.CNC1=CC(=O)CN=C1.CNc1cc(=O)cc[nH]1.CNc1ccc(=O)[nH]c1.CNc1ccc(O)c(O)c1.CNc1ccc(O)cc1.CNc1nccc(=O)[nH]1. The van der Waals surface area contributed by atoms with Crippen molar-refractivity contribution in [2.75, 3.05) is 89.5 Å². The van der Waals surface area contributed by atoms with Crippen molar-refractivity contribution in [2.45, 2.75) is 12.8 Å². The minimum absolute atomic E-state index is 0.0121. The number of amides is 1. The number of nitrogens with zero attached hydrogens (tertiary/aromatic N) is 3. The van der Waals surface area contributed by atoms with Gasteiger partial charge in [0.2, 0.25) is 17.4 Å². The lowest BCUT2D eigenvalue weighted by molar-refractivity contribution is -0.119. The van der Waals surface area contributed by atoms with Crippen LogP contribution >= 0.6 is 0 Å². The summed E-state index contributed by atoms with van der Waals surface area (Å²) in [5.74, 6) is 2.21. The van der Waals surface area contributed by atoms with E-state index in [2.05, 4.69) is 72.5 Å². The maximum Gasteiger partial charge on any atom is 0.252 e. The number of pyridine rings is 2. The highest BCUT2D eigenvalue weighted by Gasteiger charge is 2.05. The van der Waals surface area contributed by atoms with Crippen LogP contribution in [0.1, 0.15) is 12.8 Å². The molecule has 3 aromatic heterocycles. The number of H-pyrrole nitrogens is 3. The van der Waals surface area contributed by atoms with Gasteiger partial charge in [-0.3, -0.25) is 43.7 Å². The first kappa shape index (κ1) is 61.3. The van der Waals surface area contributed by atoms with Crippen molar-refractivity contribution >= 4 is 58.4 Å². The molecule has 2 aromatic carbocycles. The smallest absolute Gasteiger partial charge is 0.252 e. The number of aromatic hydroxyl groups is 3. The van der Waals surface area contributed by atoms with Gasteiger partial charge in [0.15, 0.2) is 28.5 Å². The Bertz CT molecular complexity index is 2720.